The predicted molar refractivity (Wildman–Crippen MR) is 73.0 cm³/mol. The van der Waals surface area contributed by atoms with Crippen molar-refractivity contribution < 1.29 is 31.8 Å². The maximum atomic E-state index is 14.0. The number of fused-ring (bicyclic) bond motifs is 9. The van der Waals surface area contributed by atoms with Crippen LogP contribution in [-0.2, 0) is 4.74 Å². The van der Waals surface area contributed by atoms with Crippen molar-refractivity contribution in [2.75, 3.05) is 0 Å². The second-order valence-electron chi connectivity index (χ2n) is 8.75. The lowest BCUT2D eigenvalue weighted by molar-refractivity contribution is -0.408. The molecule has 0 aromatic rings. The molecule has 5 rings (SSSR count). The molecule has 5 fully saturated rings. The Kier molecular flexibility index (Phi) is 2.93. The van der Waals surface area contributed by atoms with Crippen LogP contribution in [0.5, 0.6) is 0 Å². The molecule has 1 N–H and O–H groups in total. The van der Waals surface area contributed by atoms with E-state index in [1.165, 1.54) is 19.3 Å². The van der Waals surface area contributed by atoms with E-state index < -0.39 is 30.4 Å². The Morgan fingerprint density at radius 3 is 2.12 bits per heavy atom. The second kappa shape index (κ2) is 4.45. The molecule has 7 heteroatoms. The molecule has 1 heterocycles. The van der Waals surface area contributed by atoms with Gasteiger partial charge >= 0.3 is 17.9 Å². The third-order valence-corrected chi connectivity index (χ3v) is 7.92. The molecule has 9 unspecified atom stereocenters. The number of aliphatic hydroxyl groups is 1. The number of rotatable bonds is 1. The smallest absolute Gasteiger partial charge is 0.354 e. The largest absolute Gasteiger partial charge is 0.449 e. The van der Waals surface area contributed by atoms with E-state index >= 15 is 0 Å². The Labute approximate surface area is 136 Å². The van der Waals surface area contributed by atoms with Crippen LogP contribution < -0.4 is 0 Å². The van der Waals surface area contributed by atoms with Crippen molar-refractivity contribution in [1.82, 2.24) is 0 Å². The summed E-state index contributed by atoms with van der Waals surface area (Å²) in [6, 6.07) is 0. The van der Waals surface area contributed by atoms with Crippen LogP contribution >= 0.6 is 0 Å². The van der Waals surface area contributed by atoms with Crippen molar-refractivity contribution in [3.8, 4) is 0 Å². The quantitative estimate of drug-likeness (QED) is 0.571. The molecule has 1 saturated heterocycles. The van der Waals surface area contributed by atoms with E-state index in [9.17, 15) is 27.1 Å². The van der Waals surface area contributed by atoms with Gasteiger partial charge in [0.25, 0.3) is 0 Å². The minimum Gasteiger partial charge on any atom is -0.354 e. The van der Waals surface area contributed by atoms with Gasteiger partial charge in [-0.2, -0.15) is 13.2 Å². The second-order valence-corrected chi connectivity index (χ2v) is 8.75. The maximum Gasteiger partial charge on any atom is 0.449 e. The SMILES string of the molecule is OC1(C(F)(F)F)OC(C2CC3CC2C2C4CCC(C4)C32)CC1(F)F. The van der Waals surface area contributed by atoms with Crippen LogP contribution in [0.4, 0.5) is 22.0 Å². The topological polar surface area (TPSA) is 29.5 Å². The van der Waals surface area contributed by atoms with Gasteiger partial charge in [0.2, 0.25) is 0 Å². The summed E-state index contributed by atoms with van der Waals surface area (Å²) < 4.78 is 71.5. The van der Waals surface area contributed by atoms with E-state index in [0.717, 1.165) is 12.3 Å². The lowest BCUT2D eigenvalue weighted by Gasteiger charge is -2.40. The molecule has 0 radical (unpaired) electrons. The van der Waals surface area contributed by atoms with Crippen molar-refractivity contribution in [3.05, 3.63) is 0 Å². The molecule has 9 atom stereocenters. The Morgan fingerprint density at radius 1 is 0.875 bits per heavy atom. The van der Waals surface area contributed by atoms with Crippen LogP contribution in [0.1, 0.15) is 38.5 Å². The van der Waals surface area contributed by atoms with Crippen molar-refractivity contribution in [2.24, 2.45) is 41.4 Å². The number of hydrogen-bond donors (Lipinski definition) is 1. The van der Waals surface area contributed by atoms with Crippen LogP contribution in [-0.4, -0.2) is 29.1 Å². The minimum atomic E-state index is -5.49. The number of ether oxygens (including phenoxy) is 1. The summed E-state index contributed by atoms with van der Waals surface area (Å²) in [6.45, 7) is 0. The van der Waals surface area contributed by atoms with Crippen LogP contribution in [0, 0.1) is 41.4 Å². The zero-order valence-electron chi connectivity index (χ0n) is 13.1. The molecule has 136 valence electrons. The first-order valence-corrected chi connectivity index (χ1v) is 8.97. The lowest BCUT2D eigenvalue weighted by atomic mass is 9.66. The molecule has 0 aromatic heterocycles. The highest BCUT2D eigenvalue weighted by Crippen LogP contribution is 2.70. The Bertz CT molecular complexity index is 564. The summed E-state index contributed by atoms with van der Waals surface area (Å²) in [7, 11) is 0. The monoisotopic (exact) mass is 352 g/mol. The summed E-state index contributed by atoms with van der Waals surface area (Å²) in [4.78, 5) is 0. The third-order valence-electron chi connectivity index (χ3n) is 7.92. The van der Waals surface area contributed by atoms with E-state index in [1.807, 2.05) is 0 Å². The molecule has 4 saturated carbocycles. The first-order chi connectivity index (χ1) is 11.1. The van der Waals surface area contributed by atoms with Gasteiger partial charge in [-0.3, -0.25) is 0 Å². The van der Waals surface area contributed by atoms with E-state index in [1.54, 1.807) is 0 Å². The molecule has 0 spiro atoms. The van der Waals surface area contributed by atoms with E-state index in [2.05, 4.69) is 4.74 Å². The van der Waals surface area contributed by atoms with Gasteiger partial charge in [0, 0.05) is 6.42 Å². The lowest BCUT2D eigenvalue weighted by Crippen LogP contribution is -2.56. The normalized spacial score (nSPS) is 57.8. The van der Waals surface area contributed by atoms with Gasteiger partial charge in [0.15, 0.2) is 0 Å². The van der Waals surface area contributed by atoms with Gasteiger partial charge in [0.1, 0.15) is 0 Å². The van der Waals surface area contributed by atoms with Gasteiger partial charge < -0.3 is 9.84 Å². The molecule has 1 aliphatic heterocycles. The summed E-state index contributed by atoms with van der Waals surface area (Å²) in [5.41, 5.74) is 0. The van der Waals surface area contributed by atoms with Gasteiger partial charge in [-0.15, -0.1) is 0 Å². The Hall–Kier alpha value is -0.430. The highest BCUT2D eigenvalue weighted by molar-refractivity contribution is 5.13. The number of halogens is 5. The van der Waals surface area contributed by atoms with E-state index in [4.69, 9.17) is 0 Å². The van der Waals surface area contributed by atoms with E-state index in [0.29, 0.717) is 30.1 Å². The zero-order chi connectivity index (χ0) is 17.1. The van der Waals surface area contributed by atoms with Crippen LogP contribution in [0.15, 0.2) is 0 Å². The molecule has 0 amide bonds. The van der Waals surface area contributed by atoms with E-state index in [-0.39, 0.29) is 11.8 Å². The fraction of sp³-hybridized carbons (Fsp3) is 1.00. The van der Waals surface area contributed by atoms with Gasteiger partial charge in [0.05, 0.1) is 6.10 Å². The summed E-state index contributed by atoms with van der Waals surface area (Å²) in [5, 5.41) is 9.55. The molecule has 5 aliphatic rings. The third kappa shape index (κ3) is 1.73. The highest BCUT2D eigenvalue weighted by Gasteiger charge is 2.77. The molecule has 0 aromatic carbocycles. The van der Waals surface area contributed by atoms with Crippen LogP contribution in [0.25, 0.3) is 0 Å². The summed E-state index contributed by atoms with van der Waals surface area (Å²) in [6.07, 6.45) is -2.43. The van der Waals surface area contributed by atoms with Crippen molar-refractivity contribution in [3.63, 3.8) is 0 Å². The maximum absolute atomic E-state index is 14.0. The van der Waals surface area contributed by atoms with Crippen LogP contribution in [0.2, 0.25) is 0 Å². The standard InChI is InChI=1S/C17H21F5O2/c18-15(19)6-12(24-16(15,23)17(20,21)22)10-4-9-5-11(10)14-8-2-1-7(3-8)13(9)14/h7-14,23H,1-6H2. The molecule has 24 heavy (non-hydrogen) atoms. The van der Waals surface area contributed by atoms with Crippen molar-refractivity contribution in [1.29, 1.82) is 0 Å². The minimum absolute atomic E-state index is 0.201. The molecule has 4 aliphatic carbocycles. The molecule has 4 bridgehead atoms. The van der Waals surface area contributed by atoms with Crippen molar-refractivity contribution in [2.45, 2.75) is 62.5 Å². The molecule has 2 nitrogen and oxygen atoms in total. The average Bonchev–Trinajstić information content (AvgIpc) is 3.22. The first kappa shape index (κ1) is 15.8. The van der Waals surface area contributed by atoms with Gasteiger partial charge in [-0.25, -0.2) is 8.78 Å². The van der Waals surface area contributed by atoms with Crippen LogP contribution in [0.3, 0.4) is 0 Å². The molecular formula is C17H21F5O2. The van der Waals surface area contributed by atoms with Gasteiger partial charge in [-0.05, 0) is 73.5 Å². The Morgan fingerprint density at radius 2 is 1.50 bits per heavy atom. The predicted octanol–water partition coefficient (Wildman–Crippen LogP) is 3.98. The average molecular weight is 352 g/mol. The molecular weight excluding hydrogens is 331 g/mol. The number of hydrogen-bond acceptors (Lipinski definition) is 2. The highest BCUT2D eigenvalue weighted by atomic mass is 19.4. The Balaban J connectivity index is 1.40. The summed E-state index contributed by atoms with van der Waals surface area (Å²) >= 11 is 0. The van der Waals surface area contributed by atoms with Gasteiger partial charge in [-0.1, -0.05) is 0 Å². The fourth-order valence-corrected chi connectivity index (χ4v) is 7.29. The first-order valence-electron chi connectivity index (χ1n) is 8.97. The summed E-state index contributed by atoms with van der Waals surface area (Å²) in [5.74, 6) is -5.71. The number of alkyl halides is 5. The van der Waals surface area contributed by atoms with Crippen molar-refractivity contribution >= 4 is 0 Å². The fourth-order valence-electron chi connectivity index (χ4n) is 7.29. The zero-order valence-corrected chi connectivity index (χ0v) is 13.1.